The zero-order valence-electron chi connectivity index (χ0n) is 20.3. The highest BCUT2D eigenvalue weighted by Crippen LogP contribution is 2.29. The summed E-state index contributed by atoms with van der Waals surface area (Å²) < 4.78 is 21.4. The topological polar surface area (TPSA) is 74.7 Å². The van der Waals surface area contributed by atoms with E-state index in [1.807, 2.05) is 66.8 Å². The van der Waals surface area contributed by atoms with Crippen molar-refractivity contribution in [1.29, 1.82) is 0 Å². The van der Waals surface area contributed by atoms with Crippen LogP contribution in [0.1, 0.15) is 35.9 Å². The molecule has 0 radical (unpaired) electrons. The average molecular weight is 462 g/mol. The molecule has 1 aromatic heterocycles. The molecule has 0 saturated carbocycles. The van der Waals surface area contributed by atoms with Crippen LogP contribution in [0.3, 0.4) is 0 Å². The van der Waals surface area contributed by atoms with Crippen LogP contribution in [0.5, 0.6) is 23.0 Å². The van der Waals surface area contributed by atoms with Gasteiger partial charge in [-0.15, -0.1) is 0 Å². The molecule has 0 bridgehead atoms. The fourth-order valence-electron chi connectivity index (χ4n) is 3.25. The third-order valence-electron chi connectivity index (χ3n) is 5.01. The van der Waals surface area contributed by atoms with Crippen LogP contribution in [0.2, 0.25) is 0 Å². The molecule has 0 saturated heterocycles. The molecule has 1 N–H and O–H groups in total. The molecule has 7 nitrogen and oxygen atoms in total. The number of hydrogen-bond acceptors (Lipinski definition) is 7. The summed E-state index contributed by atoms with van der Waals surface area (Å²) in [6, 6.07) is 13.5. The van der Waals surface area contributed by atoms with Crippen LogP contribution in [-0.4, -0.2) is 45.0 Å². The minimum Gasteiger partial charge on any atom is -0.493 e. The maximum absolute atomic E-state index is 5.40. The molecule has 3 rings (SSSR count). The van der Waals surface area contributed by atoms with Gasteiger partial charge in [-0.1, -0.05) is 31.2 Å². The number of anilines is 1. The molecule has 0 unspecified atom stereocenters. The Labute approximate surface area is 201 Å². The summed E-state index contributed by atoms with van der Waals surface area (Å²) in [5.41, 5.74) is 3.52. The van der Waals surface area contributed by atoms with Crippen molar-refractivity contribution in [2.75, 3.05) is 40.3 Å². The SMILES string of the molecule is CCCNc1nc(/C=C/c2ccc(OC)c(OC)c2)cc(/C=C/c2ccc(OC)c(OC)c2)n1. The van der Waals surface area contributed by atoms with Gasteiger partial charge in [0, 0.05) is 6.54 Å². The first-order valence-corrected chi connectivity index (χ1v) is 11.0. The molecule has 0 spiro atoms. The predicted octanol–water partition coefficient (Wildman–Crippen LogP) is 5.67. The van der Waals surface area contributed by atoms with Crippen molar-refractivity contribution in [2.24, 2.45) is 0 Å². The molecule has 0 aliphatic heterocycles. The lowest BCUT2D eigenvalue weighted by Crippen LogP contribution is -2.05. The lowest BCUT2D eigenvalue weighted by atomic mass is 10.1. The fraction of sp³-hybridized carbons (Fsp3) is 0.259. The number of rotatable bonds is 11. The molecule has 0 atom stereocenters. The minimum absolute atomic E-state index is 0.586. The first-order chi connectivity index (χ1) is 16.6. The van der Waals surface area contributed by atoms with Gasteiger partial charge >= 0.3 is 0 Å². The number of nitrogens with zero attached hydrogens (tertiary/aromatic N) is 2. The van der Waals surface area contributed by atoms with Crippen molar-refractivity contribution >= 4 is 30.3 Å². The van der Waals surface area contributed by atoms with E-state index in [9.17, 15) is 0 Å². The largest absolute Gasteiger partial charge is 0.493 e. The first kappa shape index (κ1) is 24.6. The lowest BCUT2D eigenvalue weighted by Gasteiger charge is -2.08. The first-order valence-electron chi connectivity index (χ1n) is 11.0. The Morgan fingerprint density at radius 2 is 1.12 bits per heavy atom. The number of benzene rings is 2. The van der Waals surface area contributed by atoms with Crippen molar-refractivity contribution in [3.8, 4) is 23.0 Å². The van der Waals surface area contributed by atoms with E-state index < -0.39 is 0 Å². The van der Waals surface area contributed by atoms with E-state index in [4.69, 9.17) is 18.9 Å². The maximum Gasteiger partial charge on any atom is 0.223 e. The maximum atomic E-state index is 5.40. The number of nitrogens with one attached hydrogen (secondary N) is 1. The van der Waals surface area contributed by atoms with Gasteiger partial charge in [0.25, 0.3) is 0 Å². The van der Waals surface area contributed by atoms with Crippen molar-refractivity contribution in [2.45, 2.75) is 13.3 Å². The van der Waals surface area contributed by atoms with E-state index in [1.54, 1.807) is 28.4 Å². The van der Waals surface area contributed by atoms with Gasteiger partial charge in [0.1, 0.15) is 0 Å². The van der Waals surface area contributed by atoms with Crippen LogP contribution in [0, 0.1) is 0 Å². The molecule has 7 heteroatoms. The van der Waals surface area contributed by atoms with Crippen LogP contribution in [0.15, 0.2) is 42.5 Å². The number of aromatic nitrogens is 2. The van der Waals surface area contributed by atoms with E-state index in [-0.39, 0.29) is 0 Å². The second-order valence-electron chi connectivity index (χ2n) is 7.36. The minimum atomic E-state index is 0.586. The van der Waals surface area contributed by atoms with E-state index in [1.165, 1.54) is 0 Å². The van der Waals surface area contributed by atoms with Crippen LogP contribution in [-0.2, 0) is 0 Å². The smallest absolute Gasteiger partial charge is 0.223 e. The third-order valence-corrected chi connectivity index (χ3v) is 5.01. The molecule has 3 aromatic rings. The van der Waals surface area contributed by atoms with Crippen molar-refractivity contribution < 1.29 is 18.9 Å². The molecule has 0 aliphatic carbocycles. The Bertz CT molecular complexity index is 1070. The van der Waals surface area contributed by atoms with Gasteiger partial charge in [-0.05, 0) is 60.0 Å². The lowest BCUT2D eigenvalue weighted by molar-refractivity contribution is 0.355. The van der Waals surface area contributed by atoms with Crippen molar-refractivity contribution in [3.63, 3.8) is 0 Å². The van der Waals surface area contributed by atoms with E-state index in [2.05, 4.69) is 22.2 Å². The third kappa shape index (κ3) is 6.51. The highest BCUT2D eigenvalue weighted by atomic mass is 16.5. The van der Waals surface area contributed by atoms with Gasteiger partial charge in [0.05, 0.1) is 39.8 Å². The van der Waals surface area contributed by atoms with Crippen LogP contribution in [0.25, 0.3) is 24.3 Å². The highest BCUT2D eigenvalue weighted by molar-refractivity contribution is 5.73. The van der Waals surface area contributed by atoms with Crippen molar-refractivity contribution in [3.05, 3.63) is 65.0 Å². The summed E-state index contributed by atoms with van der Waals surface area (Å²) in [5, 5.41) is 3.28. The Morgan fingerprint density at radius 3 is 1.53 bits per heavy atom. The summed E-state index contributed by atoms with van der Waals surface area (Å²) in [6.07, 6.45) is 8.85. The summed E-state index contributed by atoms with van der Waals surface area (Å²) >= 11 is 0. The molecule has 1 heterocycles. The molecule has 34 heavy (non-hydrogen) atoms. The average Bonchev–Trinajstić information content (AvgIpc) is 2.89. The number of hydrogen-bond donors (Lipinski definition) is 1. The molecule has 0 aliphatic rings. The van der Waals surface area contributed by atoms with E-state index in [0.29, 0.717) is 28.9 Å². The summed E-state index contributed by atoms with van der Waals surface area (Å²) in [7, 11) is 6.49. The van der Waals surface area contributed by atoms with Crippen LogP contribution >= 0.6 is 0 Å². The normalized spacial score (nSPS) is 11.1. The van der Waals surface area contributed by atoms with Crippen molar-refractivity contribution in [1.82, 2.24) is 9.97 Å². The zero-order chi connectivity index (χ0) is 24.3. The monoisotopic (exact) mass is 461 g/mol. The predicted molar refractivity (Wildman–Crippen MR) is 138 cm³/mol. The molecule has 178 valence electrons. The molecule has 0 amide bonds. The van der Waals surface area contributed by atoms with Gasteiger partial charge in [0.2, 0.25) is 5.95 Å². The van der Waals surface area contributed by atoms with E-state index >= 15 is 0 Å². The summed E-state index contributed by atoms with van der Waals surface area (Å²) in [6.45, 7) is 2.90. The number of ether oxygens (including phenoxy) is 4. The van der Waals surface area contributed by atoms with Gasteiger partial charge in [-0.3, -0.25) is 0 Å². The standard InChI is InChI=1S/C27H31N3O4/c1-6-15-28-27-29-21(11-7-19-9-13-23(31-2)25(16-19)33-4)18-22(30-27)12-8-20-10-14-24(32-3)26(17-20)34-5/h7-14,16-18H,6,15H2,1-5H3,(H,28,29,30)/b11-7+,12-8+. The van der Waals surface area contributed by atoms with Crippen LogP contribution < -0.4 is 24.3 Å². The van der Waals surface area contributed by atoms with Gasteiger partial charge < -0.3 is 24.3 Å². The Hall–Kier alpha value is -4.00. The van der Waals surface area contributed by atoms with Gasteiger partial charge in [0.15, 0.2) is 23.0 Å². The molecular weight excluding hydrogens is 430 g/mol. The van der Waals surface area contributed by atoms with Crippen LogP contribution in [0.4, 0.5) is 5.95 Å². The molecular formula is C27H31N3O4. The van der Waals surface area contributed by atoms with Gasteiger partial charge in [-0.25, -0.2) is 9.97 Å². The quantitative estimate of drug-likeness (QED) is 0.394. The summed E-state index contributed by atoms with van der Waals surface area (Å²) in [5.74, 6) is 3.32. The highest BCUT2D eigenvalue weighted by Gasteiger charge is 2.05. The summed E-state index contributed by atoms with van der Waals surface area (Å²) in [4.78, 5) is 9.26. The fourth-order valence-corrected chi connectivity index (χ4v) is 3.25. The van der Waals surface area contributed by atoms with E-state index in [0.717, 1.165) is 35.5 Å². The Balaban J connectivity index is 1.89. The number of methoxy groups -OCH3 is 4. The molecule has 2 aromatic carbocycles. The van der Waals surface area contributed by atoms with Gasteiger partial charge in [-0.2, -0.15) is 0 Å². The molecule has 0 fully saturated rings. The Morgan fingerprint density at radius 1 is 0.647 bits per heavy atom. The Kier molecular flexibility index (Phi) is 8.91. The second kappa shape index (κ2) is 12.3. The zero-order valence-corrected chi connectivity index (χ0v) is 20.3. The second-order valence-corrected chi connectivity index (χ2v) is 7.36.